The lowest BCUT2D eigenvalue weighted by atomic mass is 10.0. The van der Waals surface area contributed by atoms with Gasteiger partial charge in [0.2, 0.25) is 10.0 Å². The fourth-order valence-corrected chi connectivity index (χ4v) is 2.87. The molecule has 0 spiro atoms. The molecule has 25 heavy (non-hydrogen) atoms. The fourth-order valence-electron chi connectivity index (χ4n) is 2.23. The van der Waals surface area contributed by atoms with Crippen LogP contribution in [-0.4, -0.2) is 23.7 Å². The number of rotatable bonds is 4. The summed E-state index contributed by atoms with van der Waals surface area (Å²) in [5, 5.41) is 9.10. The van der Waals surface area contributed by atoms with Gasteiger partial charge in [0.15, 0.2) is 0 Å². The third kappa shape index (κ3) is 3.46. The first-order valence-electron chi connectivity index (χ1n) is 7.15. The molecule has 0 amide bonds. The second-order valence-electron chi connectivity index (χ2n) is 5.27. The van der Waals surface area contributed by atoms with E-state index in [0.717, 1.165) is 16.7 Å². The van der Waals surface area contributed by atoms with E-state index in [-0.39, 0.29) is 33.8 Å². The van der Waals surface area contributed by atoms with E-state index in [2.05, 4.69) is 9.71 Å². The van der Waals surface area contributed by atoms with E-state index < -0.39 is 27.1 Å². The summed E-state index contributed by atoms with van der Waals surface area (Å²) < 4.78 is 41.3. The van der Waals surface area contributed by atoms with E-state index in [1.165, 1.54) is 20.9 Å². The standard InChI is InChI=1S/C15H15FN4O4S/c1-4-25(23,24)19-12-6-10(11(16)5-9(12)7-17)13-8(2)20(3)15(22)18-14(13)21/h5-6,19H,4H2,1-3H3,(H,18,21,22). The zero-order valence-corrected chi connectivity index (χ0v) is 14.5. The van der Waals surface area contributed by atoms with Crippen LogP contribution in [0, 0.1) is 24.1 Å². The van der Waals surface area contributed by atoms with Gasteiger partial charge in [0.05, 0.1) is 22.6 Å². The van der Waals surface area contributed by atoms with Crippen LogP contribution in [0.4, 0.5) is 10.1 Å². The van der Waals surface area contributed by atoms with Crippen LogP contribution in [0.2, 0.25) is 0 Å². The first kappa shape index (κ1) is 18.4. The highest BCUT2D eigenvalue weighted by atomic mass is 32.2. The average molecular weight is 366 g/mol. The Hall–Kier alpha value is -2.93. The lowest BCUT2D eigenvalue weighted by Gasteiger charge is -2.13. The molecule has 0 unspecified atom stereocenters. The molecule has 2 rings (SSSR count). The Morgan fingerprint density at radius 3 is 2.56 bits per heavy atom. The molecule has 132 valence electrons. The first-order chi connectivity index (χ1) is 11.6. The molecule has 0 aliphatic rings. The van der Waals surface area contributed by atoms with Crippen molar-refractivity contribution in [3.63, 3.8) is 0 Å². The maximum Gasteiger partial charge on any atom is 0.328 e. The number of aromatic amines is 1. The van der Waals surface area contributed by atoms with E-state index in [9.17, 15) is 22.4 Å². The van der Waals surface area contributed by atoms with Crippen LogP contribution in [0.25, 0.3) is 11.1 Å². The van der Waals surface area contributed by atoms with Crippen molar-refractivity contribution in [2.45, 2.75) is 13.8 Å². The Bertz CT molecular complexity index is 1110. The molecule has 0 fully saturated rings. The van der Waals surface area contributed by atoms with Crippen LogP contribution in [-0.2, 0) is 17.1 Å². The summed E-state index contributed by atoms with van der Waals surface area (Å²) in [6.07, 6.45) is 0. The average Bonchev–Trinajstić information content (AvgIpc) is 2.55. The number of nitrogens with one attached hydrogen (secondary N) is 2. The van der Waals surface area contributed by atoms with Gasteiger partial charge in [-0.15, -0.1) is 0 Å². The monoisotopic (exact) mass is 366 g/mol. The van der Waals surface area contributed by atoms with Crippen LogP contribution in [0.5, 0.6) is 0 Å². The summed E-state index contributed by atoms with van der Waals surface area (Å²) >= 11 is 0. The Morgan fingerprint density at radius 2 is 2.00 bits per heavy atom. The first-order valence-corrected chi connectivity index (χ1v) is 8.81. The van der Waals surface area contributed by atoms with Crippen LogP contribution in [0.15, 0.2) is 21.7 Å². The topological polar surface area (TPSA) is 125 Å². The van der Waals surface area contributed by atoms with Gasteiger partial charge in [-0.25, -0.2) is 17.6 Å². The van der Waals surface area contributed by atoms with Crippen molar-refractivity contribution in [2.75, 3.05) is 10.5 Å². The van der Waals surface area contributed by atoms with Crippen molar-refractivity contribution in [3.8, 4) is 17.2 Å². The predicted octanol–water partition coefficient (Wildman–Crippen LogP) is 0.821. The highest BCUT2D eigenvalue weighted by Crippen LogP contribution is 2.28. The van der Waals surface area contributed by atoms with Crippen molar-refractivity contribution in [2.24, 2.45) is 7.05 Å². The zero-order chi connectivity index (χ0) is 18.9. The summed E-state index contributed by atoms with van der Waals surface area (Å²) in [5.41, 5.74) is -1.99. The number of H-pyrrole nitrogens is 1. The molecule has 0 bridgehead atoms. The molecule has 1 aromatic heterocycles. The summed E-state index contributed by atoms with van der Waals surface area (Å²) in [6.45, 7) is 2.86. The number of sulfonamides is 1. The summed E-state index contributed by atoms with van der Waals surface area (Å²) in [4.78, 5) is 25.8. The van der Waals surface area contributed by atoms with Crippen molar-refractivity contribution < 1.29 is 12.8 Å². The van der Waals surface area contributed by atoms with E-state index in [0.29, 0.717) is 0 Å². The molecule has 0 aliphatic heterocycles. The lowest BCUT2D eigenvalue weighted by Crippen LogP contribution is -2.31. The third-order valence-electron chi connectivity index (χ3n) is 3.76. The number of anilines is 1. The van der Waals surface area contributed by atoms with Crippen molar-refractivity contribution in [3.05, 3.63) is 50.0 Å². The molecule has 2 N–H and O–H groups in total. The summed E-state index contributed by atoms with van der Waals surface area (Å²) in [6, 6.07) is 3.62. The molecule has 0 aliphatic carbocycles. The minimum absolute atomic E-state index is 0.124. The van der Waals surface area contributed by atoms with Crippen molar-refractivity contribution >= 4 is 15.7 Å². The van der Waals surface area contributed by atoms with Crippen LogP contribution >= 0.6 is 0 Å². The number of nitriles is 1. The predicted molar refractivity (Wildman–Crippen MR) is 90.2 cm³/mol. The molecule has 1 heterocycles. The smallest absolute Gasteiger partial charge is 0.300 e. The summed E-state index contributed by atoms with van der Waals surface area (Å²) in [5.74, 6) is -1.13. The summed E-state index contributed by atoms with van der Waals surface area (Å²) in [7, 11) is -2.31. The second kappa shape index (κ2) is 6.52. The second-order valence-corrected chi connectivity index (χ2v) is 7.28. The molecule has 0 saturated heterocycles. The molecular formula is C15H15FN4O4S. The highest BCUT2D eigenvalue weighted by Gasteiger charge is 2.20. The molecule has 0 saturated carbocycles. The molecule has 0 atom stereocenters. The molecule has 2 aromatic rings. The Morgan fingerprint density at radius 1 is 1.36 bits per heavy atom. The van der Waals surface area contributed by atoms with E-state index in [4.69, 9.17) is 5.26 Å². The molecule has 0 radical (unpaired) electrons. The van der Waals surface area contributed by atoms with Gasteiger partial charge >= 0.3 is 5.69 Å². The number of nitrogens with zero attached hydrogens (tertiary/aromatic N) is 2. The van der Waals surface area contributed by atoms with Gasteiger partial charge in [0.25, 0.3) is 5.56 Å². The molecule has 1 aromatic carbocycles. The quantitative estimate of drug-likeness (QED) is 0.829. The Balaban J connectivity index is 2.82. The maximum atomic E-state index is 14.4. The molecule has 10 heteroatoms. The van der Waals surface area contributed by atoms with Gasteiger partial charge in [-0.3, -0.25) is 14.5 Å². The minimum Gasteiger partial charge on any atom is -0.300 e. The van der Waals surface area contributed by atoms with Gasteiger partial charge in [-0.05, 0) is 26.0 Å². The van der Waals surface area contributed by atoms with Crippen LogP contribution in [0.3, 0.4) is 0 Å². The van der Waals surface area contributed by atoms with Crippen LogP contribution in [0.1, 0.15) is 18.2 Å². The van der Waals surface area contributed by atoms with Gasteiger partial charge in [-0.2, -0.15) is 5.26 Å². The molecular weight excluding hydrogens is 351 g/mol. The fraction of sp³-hybridized carbons (Fsp3) is 0.267. The lowest BCUT2D eigenvalue weighted by molar-refractivity contribution is 0.602. The SMILES string of the molecule is CCS(=O)(=O)Nc1cc(-c2c(C)n(C)c(=O)[nH]c2=O)c(F)cc1C#N. The van der Waals surface area contributed by atoms with Gasteiger partial charge < -0.3 is 4.57 Å². The largest absolute Gasteiger partial charge is 0.328 e. The van der Waals surface area contributed by atoms with E-state index in [1.54, 1.807) is 6.07 Å². The van der Waals surface area contributed by atoms with E-state index >= 15 is 0 Å². The van der Waals surface area contributed by atoms with E-state index in [1.807, 2.05) is 0 Å². The number of aromatic nitrogens is 2. The van der Waals surface area contributed by atoms with Gasteiger partial charge in [-0.1, -0.05) is 0 Å². The minimum atomic E-state index is -3.72. The zero-order valence-electron chi connectivity index (χ0n) is 13.7. The Labute approximate surface area is 142 Å². The van der Waals surface area contributed by atoms with Crippen LogP contribution < -0.4 is 16.0 Å². The number of benzene rings is 1. The number of halogens is 1. The Kier molecular flexibility index (Phi) is 4.80. The van der Waals surface area contributed by atoms with Gasteiger partial charge in [0.1, 0.15) is 11.9 Å². The molecule has 8 nitrogen and oxygen atoms in total. The van der Waals surface area contributed by atoms with Gasteiger partial charge in [0, 0.05) is 18.3 Å². The third-order valence-corrected chi connectivity index (χ3v) is 5.05. The number of hydrogen-bond donors (Lipinski definition) is 2. The normalized spacial score (nSPS) is 11.2. The van der Waals surface area contributed by atoms with Crippen molar-refractivity contribution in [1.29, 1.82) is 5.26 Å². The van der Waals surface area contributed by atoms with Crippen molar-refractivity contribution in [1.82, 2.24) is 9.55 Å². The highest BCUT2D eigenvalue weighted by molar-refractivity contribution is 7.92. The number of hydrogen-bond acceptors (Lipinski definition) is 5. The maximum absolute atomic E-state index is 14.4.